The van der Waals surface area contributed by atoms with Gasteiger partial charge in [-0.3, -0.25) is 0 Å². The Morgan fingerprint density at radius 3 is 2.55 bits per heavy atom. The number of nitrogens with zero attached hydrogens (tertiary/aromatic N) is 3. The molecule has 0 saturated carbocycles. The Morgan fingerprint density at radius 1 is 1.15 bits per heavy atom. The zero-order valence-corrected chi connectivity index (χ0v) is 11.9. The zero-order valence-electron chi connectivity index (χ0n) is 11.9. The first-order chi connectivity index (χ1) is 9.65. The number of aromatic nitrogens is 2. The molecule has 0 fully saturated rings. The van der Waals surface area contributed by atoms with E-state index in [4.69, 9.17) is 5.26 Å². The molecule has 5 heteroatoms. The second kappa shape index (κ2) is 6.02. The Hall–Kier alpha value is -2.61. The number of para-hydroxylation sites is 1. The van der Waals surface area contributed by atoms with Crippen molar-refractivity contribution in [2.75, 3.05) is 17.2 Å². The summed E-state index contributed by atoms with van der Waals surface area (Å²) in [4.78, 5) is 8.79. The van der Waals surface area contributed by atoms with Gasteiger partial charge in [0.2, 0.25) is 0 Å². The molecule has 0 amide bonds. The van der Waals surface area contributed by atoms with Crippen molar-refractivity contribution in [3.63, 3.8) is 0 Å². The normalized spacial score (nSPS) is 9.90. The number of rotatable bonds is 4. The highest BCUT2D eigenvalue weighted by Crippen LogP contribution is 2.25. The number of hydrogen-bond acceptors (Lipinski definition) is 5. The highest BCUT2D eigenvalue weighted by Gasteiger charge is 2.10. The van der Waals surface area contributed by atoms with Crippen LogP contribution < -0.4 is 10.6 Å². The van der Waals surface area contributed by atoms with Crippen molar-refractivity contribution < 1.29 is 0 Å². The van der Waals surface area contributed by atoms with Crippen LogP contribution in [0.3, 0.4) is 0 Å². The molecule has 2 N–H and O–H groups in total. The van der Waals surface area contributed by atoms with Crippen LogP contribution in [-0.4, -0.2) is 16.5 Å². The Balaban J connectivity index is 2.41. The van der Waals surface area contributed by atoms with Gasteiger partial charge in [-0.2, -0.15) is 5.26 Å². The minimum absolute atomic E-state index is 0.591. The smallest absolute Gasteiger partial charge is 0.139 e. The summed E-state index contributed by atoms with van der Waals surface area (Å²) in [5.74, 6) is 2.22. The maximum atomic E-state index is 9.12. The van der Waals surface area contributed by atoms with Crippen LogP contribution in [0.15, 0.2) is 24.3 Å². The quantitative estimate of drug-likeness (QED) is 0.890. The molecule has 1 aromatic heterocycles. The first kappa shape index (κ1) is 13.8. The van der Waals surface area contributed by atoms with Crippen molar-refractivity contribution in [3.8, 4) is 6.07 Å². The van der Waals surface area contributed by atoms with Gasteiger partial charge in [0.25, 0.3) is 0 Å². The Morgan fingerprint density at radius 2 is 1.85 bits per heavy atom. The van der Waals surface area contributed by atoms with E-state index < -0.39 is 0 Å². The number of anilines is 3. The van der Waals surface area contributed by atoms with Gasteiger partial charge in [-0.05, 0) is 32.9 Å². The fourth-order valence-electron chi connectivity index (χ4n) is 1.91. The summed E-state index contributed by atoms with van der Waals surface area (Å²) in [6.45, 7) is 6.62. The van der Waals surface area contributed by atoms with Crippen LogP contribution in [0, 0.1) is 25.2 Å². The van der Waals surface area contributed by atoms with Crippen molar-refractivity contribution in [1.82, 2.24) is 9.97 Å². The van der Waals surface area contributed by atoms with Crippen molar-refractivity contribution in [3.05, 3.63) is 41.2 Å². The lowest BCUT2D eigenvalue weighted by molar-refractivity contribution is 1.02. The molecule has 5 nitrogen and oxygen atoms in total. The van der Waals surface area contributed by atoms with E-state index in [9.17, 15) is 0 Å². The molecule has 20 heavy (non-hydrogen) atoms. The predicted molar refractivity (Wildman–Crippen MR) is 80.1 cm³/mol. The minimum atomic E-state index is 0.591. The lowest BCUT2D eigenvalue weighted by atomic mass is 10.2. The van der Waals surface area contributed by atoms with Crippen molar-refractivity contribution in [1.29, 1.82) is 5.26 Å². The SMILES string of the molecule is CCNc1nc(C)nc(Nc2ccccc2C#N)c1C. The Kier molecular flexibility index (Phi) is 4.16. The second-order valence-electron chi connectivity index (χ2n) is 4.41. The molecule has 0 aliphatic carbocycles. The first-order valence-corrected chi connectivity index (χ1v) is 6.51. The summed E-state index contributed by atoms with van der Waals surface area (Å²) >= 11 is 0. The molecule has 2 rings (SSSR count). The number of nitriles is 1. The third kappa shape index (κ3) is 2.86. The maximum absolute atomic E-state index is 9.12. The average Bonchev–Trinajstić information content (AvgIpc) is 2.44. The third-order valence-electron chi connectivity index (χ3n) is 2.90. The van der Waals surface area contributed by atoms with E-state index in [2.05, 4.69) is 26.7 Å². The van der Waals surface area contributed by atoms with Gasteiger partial charge in [0.05, 0.1) is 11.3 Å². The molecule has 0 aliphatic rings. The summed E-state index contributed by atoms with van der Waals surface area (Å²) < 4.78 is 0. The van der Waals surface area contributed by atoms with E-state index in [0.29, 0.717) is 11.4 Å². The highest BCUT2D eigenvalue weighted by molar-refractivity contribution is 5.69. The minimum Gasteiger partial charge on any atom is -0.370 e. The van der Waals surface area contributed by atoms with Crippen LogP contribution in [0.2, 0.25) is 0 Å². The lowest BCUT2D eigenvalue weighted by Crippen LogP contribution is -2.08. The van der Waals surface area contributed by atoms with E-state index in [1.165, 1.54) is 0 Å². The Labute approximate surface area is 118 Å². The summed E-state index contributed by atoms with van der Waals surface area (Å²) in [5, 5.41) is 15.6. The van der Waals surface area contributed by atoms with Gasteiger partial charge in [-0.15, -0.1) is 0 Å². The molecular formula is C15H17N5. The first-order valence-electron chi connectivity index (χ1n) is 6.51. The van der Waals surface area contributed by atoms with Gasteiger partial charge >= 0.3 is 0 Å². The van der Waals surface area contributed by atoms with E-state index in [1.54, 1.807) is 6.07 Å². The van der Waals surface area contributed by atoms with Gasteiger partial charge in [0.1, 0.15) is 23.5 Å². The van der Waals surface area contributed by atoms with Crippen molar-refractivity contribution in [2.24, 2.45) is 0 Å². The van der Waals surface area contributed by atoms with E-state index in [0.717, 1.165) is 29.4 Å². The lowest BCUT2D eigenvalue weighted by Gasteiger charge is -2.14. The fourth-order valence-corrected chi connectivity index (χ4v) is 1.91. The van der Waals surface area contributed by atoms with Crippen LogP contribution in [0.4, 0.5) is 17.3 Å². The van der Waals surface area contributed by atoms with Gasteiger partial charge in [-0.1, -0.05) is 12.1 Å². The van der Waals surface area contributed by atoms with Crippen molar-refractivity contribution >= 4 is 17.3 Å². The molecule has 0 radical (unpaired) electrons. The van der Waals surface area contributed by atoms with Crippen molar-refractivity contribution in [2.45, 2.75) is 20.8 Å². The van der Waals surface area contributed by atoms with E-state index >= 15 is 0 Å². The van der Waals surface area contributed by atoms with Gasteiger partial charge < -0.3 is 10.6 Å². The van der Waals surface area contributed by atoms with Crippen LogP contribution in [0.5, 0.6) is 0 Å². The van der Waals surface area contributed by atoms with Crippen LogP contribution >= 0.6 is 0 Å². The monoisotopic (exact) mass is 267 g/mol. The third-order valence-corrected chi connectivity index (χ3v) is 2.90. The summed E-state index contributed by atoms with van der Waals surface area (Å²) in [7, 11) is 0. The van der Waals surface area contributed by atoms with E-state index in [1.807, 2.05) is 39.0 Å². The molecule has 1 heterocycles. The summed E-state index contributed by atoms with van der Waals surface area (Å²) in [6, 6.07) is 9.53. The Bertz CT molecular complexity index is 658. The molecule has 0 bridgehead atoms. The standard InChI is InChI=1S/C15H17N5/c1-4-17-14-10(2)15(19-11(3)18-14)20-13-8-6-5-7-12(13)9-16/h5-8H,4H2,1-3H3,(H2,17,18,19,20). The number of nitrogens with one attached hydrogen (secondary N) is 2. The zero-order chi connectivity index (χ0) is 14.5. The number of aryl methyl sites for hydroxylation is 1. The highest BCUT2D eigenvalue weighted by atomic mass is 15.1. The average molecular weight is 267 g/mol. The van der Waals surface area contributed by atoms with Gasteiger partial charge in [-0.25, -0.2) is 9.97 Å². The van der Waals surface area contributed by atoms with Crippen LogP contribution in [0.1, 0.15) is 23.9 Å². The molecule has 0 atom stereocenters. The van der Waals surface area contributed by atoms with Crippen LogP contribution in [0.25, 0.3) is 0 Å². The molecule has 0 spiro atoms. The molecule has 2 aromatic rings. The molecule has 0 aliphatic heterocycles. The molecule has 0 unspecified atom stereocenters. The molecule has 0 saturated heterocycles. The second-order valence-corrected chi connectivity index (χ2v) is 4.41. The predicted octanol–water partition coefficient (Wildman–Crippen LogP) is 3.14. The van der Waals surface area contributed by atoms with Crippen LogP contribution in [-0.2, 0) is 0 Å². The molecule has 1 aromatic carbocycles. The largest absolute Gasteiger partial charge is 0.370 e. The number of hydrogen-bond donors (Lipinski definition) is 2. The maximum Gasteiger partial charge on any atom is 0.139 e. The summed E-state index contributed by atoms with van der Waals surface area (Å²) in [6.07, 6.45) is 0. The molecule has 102 valence electrons. The fraction of sp³-hybridized carbons (Fsp3) is 0.267. The van der Waals surface area contributed by atoms with E-state index in [-0.39, 0.29) is 0 Å². The van der Waals surface area contributed by atoms with Gasteiger partial charge in [0.15, 0.2) is 0 Å². The topological polar surface area (TPSA) is 73.6 Å². The number of benzene rings is 1. The van der Waals surface area contributed by atoms with Gasteiger partial charge in [0, 0.05) is 12.1 Å². The molecular weight excluding hydrogens is 250 g/mol. The summed E-state index contributed by atoms with van der Waals surface area (Å²) in [5.41, 5.74) is 2.28.